The highest BCUT2D eigenvalue weighted by molar-refractivity contribution is 5.95. The molecule has 0 spiro atoms. The molecule has 2 bridgehead atoms. The van der Waals surface area contributed by atoms with Gasteiger partial charge in [-0.3, -0.25) is 14.3 Å². The van der Waals surface area contributed by atoms with E-state index in [-0.39, 0.29) is 17.7 Å². The molecule has 2 atom stereocenters. The highest BCUT2D eigenvalue weighted by atomic mass is 16.4. The van der Waals surface area contributed by atoms with Crippen molar-refractivity contribution < 1.29 is 14.7 Å². The Labute approximate surface area is 174 Å². The molecule has 3 aromatic rings. The van der Waals surface area contributed by atoms with E-state index < -0.39 is 17.8 Å². The zero-order valence-corrected chi connectivity index (χ0v) is 16.7. The summed E-state index contributed by atoms with van der Waals surface area (Å²) in [5.74, 6) is -1.74. The maximum Gasteiger partial charge on any atom is 0.307 e. The van der Waals surface area contributed by atoms with E-state index in [1.807, 2.05) is 24.4 Å². The lowest BCUT2D eigenvalue weighted by Crippen LogP contribution is -2.49. The van der Waals surface area contributed by atoms with Crippen LogP contribution in [0.1, 0.15) is 31.2 Å². The highest BCUT2D eigenvalue weighted by Gasteiger charge is 2.50. The third-order valence-corrected chi connectivity index (χ3v) is 6.92. The summed E-state index contributed by atoms with van der Waals surface area (Å²) in [5.41, 5.74) is 1.77. The van der Waals surface area contributed by atoms with E-state index in [9.17, 15) is 14.7 Å². The summed E-state index contributed by atoms with van der Waals surface area (Å²) in [7, 11) is 0. The number of hydrogen-bond donors (Lipinski definition) is 2. The molecule has 3 aliphatic carbocycles. The van der Waals surface area contributed by atoms with Gasteiger partial charge in [-0.1, -0.05) is 42.5 Å². The maximum absolute atomic E-state index is 13.0. The molecule has 1 amide bonds. The van der Waals surface area contributed by atoms with Crippen molar-refractivity contribution in [2.45, 2.75) is 32.2 Å². The molecule has 3 aliphatic rings. The fourth-order valence-electron chi connectivity index (χ4n) is 5.53. The third-order valence-electron chi connectivity index (χ3n) is 6.92. The van der Waals surface area contributed by atoms with Crippen LogP contribution in [-0.2, 0) is 16.1 Å². The summed E-state index contributed by atoms with van der Waals surface area (Å²) in [6.45, 7) is 0.600. The Morgan fingerprint density at radius 3 is 2.47 bits per heavy atom. The standard InChI is InChI=1S/C24H25N3O3/c28-23(21-16-8-10-17(11-9-16)22(21)24(29)30)26-19-12-25-27(14-19)13-18-6-3-5-15-4-1-2-7-20(15)18/h1-7,12,14,16-17,21-22H,8-11,13H2,(H,26,28)(H,29,30)/t16?,17?,21-,22-/m0/s1. The van der Waals surface area contributed by atoms with Crippen LogP contribution < -0.4 is 5.32 Å². The number of anilines is 1. The average molecular weight is 403 g/mol. The number of aliphatic carboxylic acids is 1. The molecule has 154 valence electrons. The maximum atomic E-state index is 13.0. The van der Waals surface area contributed by atoms with Gasteiger partial charge in [0.2, 0.25) is 5.91 Å². The van der Waals surface area contributed by atoms with Crippen molar-refractivity contribution in [1.29, 1.82) is 0 Å². The number of aromatic nitrogens is 2. The lowest BCUT2D eigenvalue weighted by molar-refractivity contribution is -0.156. The van der Waals surface area contributed by atoms with Crippen LogP contribution >= 0.6 is 0 Å². The predicted octanol–water partition coefficient (Wildman–Crippen LogP) is 4.16. The Morgan fingerprint density at radius 2 is 1.70 bits per heavy atom. The van der Waals surface area contributed by atoms with Crippen LogP contribution in [0.3, 0.4) is 0 Å². The van der Waals surface area contributed by atoms with Crippen LogP contribution in [0.5, 0.6) is 0 Å². The van der Waals surface area contributed by atoms with Crippen molar-refractivity contribution in [2.75, 3.05) is 5.32 Å². The number of nitrogens with zero attached hydrogens (tertiary/aromatic N) is 2. The first-order chi connectivity index (χ1) is 14.6. The van der Waals surface area contributed by atoms with Gasteiger partial charge in [0.15, 0.2) is 0 Å². The zero-order chi connectivity index (χ0) is 20.7. The van der Waals surface area contributed by atoms with E-state index in [1.165, 1.54) is 10.8 Å². The van der Waals surface area contributed by atoms with Gasteiger partial charge in [0, 0.05) is 6.20 Å². The number of rotatable bonds is 5. The molecule has 3 fully saturated rings. The van der Waals surface area contributed by atoms with E-state index in [4.69, 9.17) is 0 Å². The van der Waals surface area contributed by atoms with E-state index in [1.54, 1.807) is 10.9 Å². The molecule has 0 radical (unpaired) electrons. The summed E-state index contributed by atoms with van der Waals surface area (Å²) in [4.78, 5) is 24.8. The summed E-state index contributed by atoms with van der Waals surface area (Å²) in [5, 5.41) is 19.4. The first-order valence-corrected chi connectivity index (χ1v) is 10.6. The molecule has 6 nitrogen and oxygen atoms in total. The van der Waals surface area contributed by atoms with Gasteiger partial charge >= 0.3 is 5.97 Å². The second kappa shape index (κ2) is 7.59. The Bertz CT molecular complexity index is 1090. The minimum atomic E-state index is -0.837. The van der Waals surface area contributed by atoms with Gasteiger partial charge in [-0.25, -0.2) is 0 Å². The summed E-state index contributed by atoms with van der Waals surface area (Å²) >= 11 is 0. The topological polar surface area (TPSA) is 84.2 Å². The molecule has 6 heteroatoms. The van der Waals surface area contributed by atoms with E-state index in [0.717, 1.165) is 31.2 Å². The van der Waals surface area contributed by atoms with Gasteiger partial charge < -0.3 is 10.4 Å². The lowest BCUT2D eigenvalue weighted by Gasteiger charge is -2.45. The van der Waals surface area contributed by atoms with E-state index in [0.29, 0.717) is 12.2 Å². The van der Waals surface area contributed by atoms with Gasteiger partial charge in [0.25, 0.3) is 0 Å². The number of carboxylic acid groups (broad SMARTS) is 1. The quantitative estimate of drug-likeness (QED) is 0.670. The number of benzene rings is 2. The first-order valence-electron chi connectivity index (χ1n) is 10.6. The number of amides is 1. The van der Waals surface area contributed by atoms with Crippen LogP contribution in [0, 0.1) is 23.7 Å². The second-order valence-electron chi connectivity index (χ2n) is 8.62. The molecule has 2 aromatic carbocycles. The molecular formula is C24H25N3O3. The van der Waals surface area contributed by atoms with Crippen molar-refractivity contribution in [3.8, 4) is 0 Å². The van der Waals surface area contributed by atoms with E-state index in [2.05, 4.69) is 34.7 Å². The van der Waals surface area contributed by atoms with Crippen LogP contribution in [0.4, 0.5) is 5.69 Å². The minimum Gasteiger partial charge on any atom is -0.481 e. The molecule has 0 unspecified atom stereocenters. The number of carbonyl (C=O) groups is 2. The number of nitrogens with one attached hydrogen (secondary N) is 1. The molecule has 0 saturated heterocycles. The molecular weight excluding hydrogens is 378 g/mol. The summed E-state index contributed by atoms with van der Waals surface area (Å²) in [6.07, 6.45) is 7.21. The molecule has 30 heavy (non-hydrogen) atoms. The normalized spacial score (nSPS) is 25.3. The molecule has 1 heterocycles. The molecule has 2 N–H and O–H groups in total. The molecule has 0 aliphatic heterocycles. The van der Waals surface area contributed by atoms with Crippen molar-refractivity contribution in [1.82, 2.24) is 9.78 Å². The van der Waals surface area contributed by atoms with Crippen LogP contribution in [0.2, 0.25) is 0 Å². The number of hydrogen-bond acceptors (Lipinski definition) is 3. The SMILES string of the molecule is O=C(O)[C@H]1C2CCC(CC2)[C@@H]1C(=O)Nc1cnn(Cc2cccc3ccccc23)c1. The largest absolute Gasteiger partial charge is 0.481 e. The van der Waals surface area contributed by atoms with Gasteiger partial charge in [0.05, 0.1) is 30.3 Å². The summed E-state index contributed by atoms with van der Waals surface area (Å²) < 4.78 is 1.80. The fourth-order valence-corrected chi connectivity index (χ4v) is 5.53. The highest BCUT2D eigenvalue weighted by Crippen LogP contribution is 2.49. The van der Waals surface area contributed by atoms with Gasteiger partial charge in [-0.05, 0) is 53.9 Å². The Morgan fingerprint density at radius 1 is 1.00 bits per heavy atom. The Hall–Kier alpha value is -3.15. The van der Waals surface area contributed by atoms with Crippen molar-refractivity contribution in [3.63, 3.8) is 0 Å². The first kappa shape index (κ1) is 18.9. The smallest absolute Gasteiger partial charge is 0.307 e. The van der Waals surface area contributed by atoms with Crippen LogP contribution in [-0.4, -0.2) is 26.8 Å². The number of carbonyl (C=O) groups excluding carboxylic acids is 1. The molecule has 6 rings (SSSR count). The van der Waals surface area contributed by atoms with Crippen molar-refractivity contribution >= 4 is 28.3 Å². The van der Waals surface area contributed by atoms with Crippen LogP contribution in [0.15, 0.2) is 54.9 Å². The molecule has 1 aromatic heterocycles. The second-order valence-corrected chi connectivity index (χ2v) is 8.62. The lowest BCUT2D eigenvalue weighted by atomic mass is 9.58. The Balaban J connectivity index is 1.32. The molecule has 3 saturated carbocycles. The van der Waals surface area contributed by atoms with Crippen molar-refractivity contribution in [3.05, 3.63) is 60.4 Å². The van der Waals surface area contributed by atoms with E-state index >= 15 is 0 Å². The van der Waals surface area contributed by atoms with Gasteiger partial charge in [0.1, 0.15) is 0 Å². The van der Waals surface area contributed by atoms with Crippen LogP contribution in [0.25, 0.3) is 10.8 Å². The predicted molar refractivity (Wildman–Crippen MR) is 114 cm³/mol. The number of fused-ring (bicyclic) bond motifs is 4. The Kier molecular flexibility index (Phi) is 4.77. The monoisotopic (exact) mass is 403 g/mol. The fraction of sp³-hybridized carbons (Fsp3) is 0.375. The summed E-state index contributed by atoms with van der Waals surface area (Å²) in [6, 6.07) is 14.4. The van der Waals surface area contributed by atoms with Crippen molar-refractivity contribution in [2.24, 2.45) is 23.7 Å². The average Bonchev–Trinajstić information content (AvgIpc) is 3.20. The zero-order valence-electron chi connectivity index (χ0n) is 16.7. The van der Waals surface area contributed by atoms with Gasteiger partial charge in [-0.15, -0.1) is 0 Å². The number of carboxylic acids is 1. The van der Waals surface area contributed by atoms with Gasteiger partial charge in [-0.2, -0.15) is 5.10 Å². The minimum absolute atomic E-state index is 0.123. The third kappa shape index (κ3) is 3.36.